The molecule has 0 saturated carbocycles. The zero-order chi connectivity index (χ0) is 17.6. The van der Waals surface area contributed by atoms with Crippen LogP contribution in [0.3, 0.4) is 0 Å². The number of nitrogens with zero attached hydrogens (tertiary/aromatic N) is 1. The van der Waals surface area contributed by atoms with E-state index in [1.165, 1.54) is 6.21 Å². The van der Waals surface area contributed by atoms with Crippen molar-refractivity contribution in [3.8, 4) is 11.5 Å². The van der Waals surface area contributed by atoms with E-state index in [2.05, 4.69) is 10.5 Å². The molecule has 0 aliphatic carbocycles. The topological polar surface area (TPSA) is 59.9 Å². The molecule has 5 nitrogen and oxygen atoms in total. The molecule has 1 N–H and O–H groups in total. The molecule has 0 radical (unpaired) electrons. The standard InChI is InChI=1S/C20H18N2O3/c1-24-18-9-5-8-17(19(18)25-2)13-21-22-20(23)16-11-10-14-6-3-4-7-15(14)12-16/h3-13H,1-2H3,(H,22,23)/b21-13+. The van der Waals surface area contributed by atoms with Crippen LogP contribution in [-0.4, -0.2) is 26.3 Å². The van der Waals surface area contributed by atoms with Crippen LogP contribution in [0.5, 0.6) is 11.5 Å². The first-order chi connectivity index (χ1) is 12.2. The first-order valence-corrected chi connectivity index (χ1v) is 7.76. The number of rotatable bonds is 5. The van der Waals surface area contributed by atoms with Crippen LogP contribution < -0.4 is 14.9 Å². The number of fused-ring (bicyclic) bond motifs is 1. The van der Waals surface area contributed by atoms with E-state index < -0.39 is 0 Å². The number of methoxy groups -OCH3 is 2. The molecule has 126 valence electrons. The van der Waals surface area contributed by atoms with Crippen molar-refractivity contribution >= 4 is 22.9 Å². The van der Waals surface area contributed by atoms with E-state index in [4.69, 9.17) is 9.47 Å². The summed E-state index contributed by atoms with van der Waals surface area (Å²) in [6, 6.07) is 18.9. The second-order valence-corrected chi connectivity index (χ2v) is 5.34. The molecule has 0 bridgehead atoms. The van der Waals surface area contributed by atoms with Gasteiger partial charge in [0.25, 0.3) is 5.91 Å². The lowest BCUT2D eigenvalue weighted by molar-refractivity contribution is 0.0955. The zero-order valence-corrected chi connectivity index (χ0v) is 14.0. The molecule has 3 aromatic carbocycles. The monoisotopic (exact) mass is 334 g/mol. The quantitative estimate of drug-likeness (QED) is 0.573. The molecule has 0 saturated heterocycles. The van der Waals surface area contributed by atoms with E-state index >= 15 is 0 Å². The summed E-state index contributed by atoms with van der Waals surface area (Å²) in [6.07, 6.45) is 1.53. The van der Waals surface area contributed by atoms with Gasteiger partial charge < -0.3 is 9.47 Å². The van der Waals surface area contributed by atoms with E-state index in [9.17, 15) is 4.79 Å². The molecular formula is C20H18N2O3. The summed E-state index contributed by atoms with van der Waals surface area (Å²) in [5.74, 6) is 0.893. The predicted molar refractivity (Wildman–Crippen MR) is 98.6 cm³/mol. The van der Waals surface area contributed by atoms with Crippen LogP contribution in [0.1, 0.15) is 15.9 Å². The van der Waals surface area contributed by atoms with Crippen LogP contribution in [0.2, 0.25) is 0 Å². The van der Waals surface area contributed by atoms with Gasteiger partial charge in [-0.2, -0.15) is 5.10 Å². The van der Waals surface area contributed by atoms with Gasteiger partial charge in [-0.25, -0.2) is 5.43 Å². The van der Waals surface area contributed by atoms with Gasteiger partial charge in [-0.05, 0) is 35.0 Å². The Morgan fingerprint density at radius 2 is 1.76 bits per heavy atom. The van der Waals surface area contributed by atoms with Gasteiger partial charge in [0.15, 0.2) is 11.5 Å². The fraction of sp³-hybridized carbons (Fsp3) is 0.100. The molecule has 0 spiro atoms. The summed E-state index contributed by atoms with van der Waals surface area (Å²) < 4.78 is 10.6. The second-order valence-electron chi connectivity index (χ2n) is 5.34. The summed E-state index contributed by atoms with van der Waals surface area (Å²) >= 11 is 0. The molecule has 25 heavy (non-hydrogen) atoms. The maximum Gasteiger partial charge on any atom is 0.271 e. The van der Waals surface area contributed by atoms with Crippen molar-refractivity contribution in [2.24, 2.45) is 5.10 Å². The Hall–Kier alpha value is -3.34. The molecule has 0 aliphatic heterocycles. The van der Waals surface area contributed by atoms with Crippen molar-refractivity contribution in [1.29, 1.82) is 0 Å². The molecule has 5 heteroatoms. The number of carbonyl (C=O) groups is 1. The minimum absolute atomic E-state index is 0.274. The second kappa shape index (κ2) is 7.49. The average Bonchev–Trinajstić information content (AvgIpc) is 2.67. The highest BCUT2D eigenvalue weighted by Crippen LogP contribution is 2.29. The Morgan fingerprint density at radius 1 is 0.960 bits per heavy atom. The average molecular weight is 334 g/mol. The Balaban J connectivity index is 1.76. The number of hydrogen-bond donors (Lipinski definition) is 1. The van der Waals surface area contributed by atoms with Crippen molar-refractivity contribution < 1.29 is 14.3 Å². The third-order valence-electron chi connectivity index (χ3n) is 3.81. The van der Waals surface area contributed by atoms with Crippen molar-refractivity contribution in [2.45, 2.75) is 0 Å². The van der Waals surface area contributed by atoms with Crippen LogP contribution >= 0.6 is 0 Å². The molecule has 3 rings (SSSR count). The molecule has 0 aliphatic rings. The number of hydrogen-bond acceptors (Lipinski definition) is 4. The number of nitrogens with one attached hydrogen (secondary N) is 1. The Labute approximate surface area is 145 Å². The van der Waals surface area contributed by atoms with E-state index in [0.717, 1.165) is 10.8 Å². The predicted octanol–water partition coefficient (Wildman–Crippen LogP) is 3.62. The summed E-state index contributed by atoms with van der Waals surface area (Å²) in [5, 5.41) is 6.12. The van der Waals surface area contributed by atoms with Crippen molar-refractivity contribution in [3.05, 3.63) is 71.8 Å². The largest absolute Gasteiger partial charge is 0.493 e. The Kier molecular flexibility index (Phi) is 4.95. The Bertz CT molecular complexity index is 935. The lowest BCUT2D eigenvalue weighted by Crippen LogP contribution is -2.17. The molecular weight excluding hydrogens is 316 g/mol. The van der Waals surface area contributed by atoms with Gasteiger partial charge in [-0.3, -0.25) is 4.79 Å². The number of para-hydroxylation sites is 1. The summed E-state index contributed by atoms with van der Waals surface area (Å²) in [7, 11) is 3.13. The van der Waals surface area contributed by atoms with Crippen molar-refractivity contribution in [1.82, 2.24) is 5.43 Å². The van der Waals surface area contributed by atoms with Gasteiger partial charge in [0, 0.05) is 11.1 Å². The van der Waals surface area contributed by atoms with Gasteiger partial charge in [0.1, 0.15) is 0 Å². The summed E-state index contributed by atoms with van der Waals surface area (Å²) in [6.45, 7) is 0. The van der Waals surface area contributed by atoms with Crippen molar-refractivity contribution in [2.75, 3.05) is 14.2 Å². The number of carbonyl (C=O) groups excluding carboxylic acids is 1. The molecule has 0 aromatic heterocycles. The molecule has 0 unspecified atom stereocenters. The first kappa shape index (κ1) is 16.5. The first-order valence-electron chi connectivity index (χ1n) is 7.76. The minimum Gasteiger partial charge on any atom is -0.493 e. The third kappa shape index (κ3) is 3.61. The van der Waals surface area contributed by atoms with Gasteiger partial charge in [-0.15, -0.1) is 0 Å². The highest BCUT2D eigenvalue weighted by molar-refractivity contribution is 5.99. The highest BCUT2D eigenvalue weighted by Gasteiger charge is 2.08. The third-order valence-corrected chi connectivity index (χ3v) is 3.81. The Morgan fingerprint density at radius 3 is 2.52 bits per heavy atom. The van der Waals surface area contributed by atoms with Crippen LogP contribution in [0.15, 0.2) is 65.8 Å². The fourth-order valence-corrected chi connectivity index (χ4v) is 2.57. The van der Waals surface area contributed by atoms with E-state index in [1.807, 2.05) is 48.5 Å². The molecule has 0 atom stereocenters. The van der Waals surface area contributed by atoms with E-state index in [-0.39, 0.29) is 5.91 Å². The van der Waals surface area contributed by atoms with Crippen LogP contribution in [0.25, 0.3) is 10.8 Å². The SMILES string of the molecule is COc1cccc(/C=N/NC(=O)c2ccc3ccccc3c2)c1OC. The maximum absolute atomic E-state index is 12.3. The molecule has 0 heterocycles. The summed E-state index contributed by atoms with van der Waals surface area (Å²) in [5.41, 5.74) is 3.79. The minimum atomic E-state index is -0.274. The van der Waals surface area contributed by atoms with Gasteiger partial charge in [0.05, 0.1) is 20.4 Å². The van der Waals surface area contributed by atoms with Crippen LogP contribution in [0.4, 0.5) is 0 Å². The number of amides is 1. The number of ether oxygens (including phenoxy) is 2. The van der Waals surface area contributed by atoms with Crippen LogP contribution in [0, 0.1) is 0 Å². The van der Waals surface area contributed by atoms with Crippen LogP contribution in [-0.2, 0) is 0 Å². The molecule has 0 fully saturated rings. The van der Waals surface area contributed by atoms with Crippen molar-refractivity contribution in [3.63, 3.8) is 0 Å². The maximum atomic E-state index is 12.3. The lowest BCUT2D eigenvalue weighted by atomic mass is 10.1. The van der Waals surface area contributed by atoms with Gasteiger partial charge in [-0.1, -0.05) is 36.4 Å². The van der Waals surface area contributed by atoms with Gasteiger partial charge in [0.2, 0.25) is 0 Å². The van der Waals surface area contributed by atoms with Gasteiger partial charge >= 0.3 is 0 Å². The molecule has 1 amide bonds. The highest BCUT2D eigenvalue weighted by atomic mass is 16.5. The molecule has 3 aromatic rings. The smallest absolute Gasteiger partial charge is 0.271 e. The van der Waals surface area contributed by atoms with E-state index in [1.54, 1.807) is 26.4 Å². The zero-order valence-electron chi connectivity index (χ0n) is 14.0. The lowest BCUT2D eigenvalue weighted by Gasteiger charge is -2.09. The summed E-state index contributed by atoms with van der Waals surface area (Å²) in [4.78, 5) is 12.3. The normalized spacial score (nSPS) is 10.8. The van der Waals surface area contributed by atoms with E-state index in [0.29, 0.717) is 22.6 Å². The fourth-order valence-electron chi connectivity index (χ4n) is 2.57. The number of hydrazone groups is 1. The number of benzene rings is 3.